The summed E-state index contributed by atoms with van der Waals surface area (Å²) in [6.07, 6.45) is 3.76. The lowest BCUT2D eigenvalue weighted by Gasteiger charge is -2.34. The fraction of sp³-hybridized carbons (Fsp3) is 0.619. The highest BCUT2D eigenvalue weighted by atomic mass is 16.6. The molecule has 5 nitrogen and oxygen atoms in total. The van der Waals surface area contributed by atoms with Crippen LogP contribution in [0.4, 0.5) is 4.79 Å². The molecular weight excluding hydrogens is 328 g/mol. The highest BCUT2D eigenvalue weighted by Gasteiger charge is 2.28. The number of hydrogen-bond donors (Lipinski definition) is 1. The van der Waals surface area contributed by atoms with Gasteiger partial charge in [0.1, 0.15) is 11.6 Å². The zero-order valence-corrected chi connectivity index (χ0v) is 16.5. The number of nitrogens with one attached hydrogen (secondary N) is 1. The van der Waals surface area contributed by atoms with Crippen LogP contribution in [-0.4, -0.2) is 41.6 Å². The molecule has 2 amide bonds. The van der Waals surface area contributed by atoms with E-state index in [9.17, 15) is 9.59 Å². The smallest absolute Gasteiger partial charge is 0.408 e. The third kappa shape index (κ3) is 6.70. The summed E-state index contributed by atoms with van der Waals surface area (Å²) >= 11 is 0. The monoisotopic (exact) mass is 360 g/mol. The molecule has 0 saturated carbocycles. The Morgan fingerprint density at radius 3 is 2.38 bits per heavy atom. The van der Waals surface area contributed by atoms with E-state index in [1.807, 2.05) is 11.0 Å². The summed E-state index contributed by atoms with van der Waals surface area (Å²) in [7, 11) is 0. The first kappa shape index (κ1) is 20.3. The van der Waals surface area contributed by atoms with Crippen molar-refractivity contribution in [3.05, 3.63) is 35.9 Å². The molecule has 1 saturated heterocycles. The van der Waals surface area contributed by atoms with Crippen LogP contribution in [0.25, 0.3) is 0 Å². The number of ether oxygens (including phenoxy) is 1. The van der Waals surface area contributed by atoms with E-state index in [-0.39, 0.29) is 5.91 Å². The molecule has 0 aliphatic carbocycles. The standard InChI is InChI=1S/C21H32N2O3/c1-16(22-20(25)26-21(2,3)4)19(24)23-14-12-18(13-15-23)11-10-17-8-6-5-7-9-17/h5-9,16,18H,10-15H2,1-4H3,(H,22,25)/t16-/m1/s1. The second-order valence-electron chi connectivity index (χ2n) is 8.16. The Bertz CT molecular complexity index is 587. The van der Waals surface area contributed by atoms with E-state index < -0.39 is 17.7 Å². The Morgan fingerprint density at radius 1 is 1.19 bits per heavy atom. The Hall–Kier alpha value is -2.04. The Morgan fingerprint density at radius 2 is 1.81 bits per heavy atom. The molecule has 0 spiro atoms. The van der Waals surface area contributed by atoms with Crippen molar-refractivity contribution in [1.29, 1.82) is 0 Å². The maximum atomic E-state index is 12.5. The predicted octanol–water partition coefficient (Wildman–Crippen LogP) is 3.77. The molecule has 1 aromatic rings. The molecule has 26 heavy (non-hydrogen) atoms. The minimum absolute atomic E-state index is 0.0302. The van der Waals surface area contributed by atoms with Crippen LogP contribution in [0.15, 0.2) is 30.3 Å². The van der Waals surface area contributed by atoms with E-state index in [1.54, 1.807) is 27.7 Å². The SMILES string of the molecule is C[C@@H](NC(=O)OC(C)(C)C)C(=O)N1CCC(CCc2ccccc2)CC1. The fourth-order valence-corrected chi connectivity index (χ4v) is 3.28. The number of carbonyl (C=O) groups excluding carboxylic acids is 2. The van der Waals surface area contributed by atoms with Gasteiger partial charge in [0.2, 0.25) is 5.91 Å². The summed E-state index contributed by atoms with van der Waals surface area (Å²) in [5.41, 5.74) is 0.811. The second-order valence-corrected chi connectivity index (χ2v) is 8.16. The van der Waals surface area contributed by atoms with Gasteiger partial charge in [-0.3, -0.25) is 4.79 Å². The lowest BCUT2D eigenvalue weighted by Crippen LogP contribution is -2.50. The van der Waals surface area contributed by atoms with Crippen LogP contribution in [-0.2, 0) is 16.0 Å². The molecule has 1 atom stereocenters. The van der Waals surface area contributed by atoms with Gasteiger partial charge in [-0.05, 0) is 64.9 Å². The average Bonchev–Trinajstić information content (AvgIpc) is 2.59. The predicted molar refractivity (Wildman–Crippen MR) is 103 cm³/mol. The fourth-order valence-electron chi connectivity index (χ4n) is 3.28. The first-order chi connectivity index (χ1) is 12.2. The highest BCUT2D eigenvalue weighted by molar-refractivity contribution is 5.85. The van der Waals surface area contributed by atoms with E-state index in [0.29, 0.717) is 5.92 Å². The van der Waals surface area contributed by atoms with Gasteiger partial charge in [0.05, 0.1) is 0 Å². The van der Waals surface area contributed by atoms with E-state index in [4.69, 9.17) is 4.74 Å². The van der Waals surface area contributed by atoms with Gasteiger partial charge in [0.15, 0.2) is 0 Å². The van der Waals surface area contributed by atoms with E-state index in [0.717, 1.165) is 38.8 Å². The first-order valence-electron chi connectivity index (χ1n) is 9.57. The van der Waals surface area contributed by atoms with Gasteiger partial charge in [-0.25, -0.2) is 4.79 Å². The highest BCUT2D eigenvalue weighted by Crippen LogP contribution is 2.23. The normalized spacial score (nSPS) is 16.8. The summed E-state index contributed by atoms with van der Waals surface area (Å²) in [6, 6.07) is 9.97. The zero-order valence-electron chi connectivity index (χ0n) is 16.5. The number of nitrogens with zero attached hydrogens (tertiary/aromatic N) is 1. The maximum Gasteiger partial charge on any atom is 0.408 e. The molecule has 1 aliphatic heterocycles. The quantitative estimate of drug-likeness (QED) is 0.869. The third-order valence-electron chi connectivity index (χ3n) is 4.71. The number of amides is 2. The molecule has 1 aromatic carbocycles. The number of alkyl carbamates (subject to hydrolysis) is 1. The summed E-state index contributed by atoms with van der Waals surface area (Å²) in [5.74, 6) is 0.630. The largest absolute Gasteiger partial charge is 0.444 e. The number of benzene rings is 1. The minimum Gasteiger partial charge on any atom is -0.444 e. The molecule has 0 bridgehead atoms. The summed E-state index contributed by atoms with van der Waals surface area (Å²) < 4.78 is 5.22. The van der Waals surface area contributed by atoms with Crippen molar-refractivity contribution < 1.29 is 14.3 Å². The van der Waals surface area contributed by atoms with Crippen LogP contribution in [0, 0.1) is 5.92 Å². The summed E-state index contributed by atoms with van der Waals surface area (Å²) in [5, 5.41) is 2.64. The number of carbonyl (C=O) groups is 2. The van der Waals surface area contributed by atoms with Gasteiger partial charge >= 0.3 is 6.09 Å². The van der Waals surface area contributed by atoms with Crippen LogP contribution in [0.3, 0.4) is 0 Å². The molecular formula is C21H32N2O3. The van der Waals surface area contributed by atoms with E-state index in [2.05, 4.69) is 29.6 Å². The van der Waals surface area contributed by atoms with Crippen molar-refractivity contribution in [3.63, 3.8) is 0 Å². The number of aryl methyl sites for hydroxylation is 1. The van der Waals surface area contributed by atoms with E-state index >= 15 is 0 Å². The van der Waals surface area contributed by atoms with Gasteiger partial charge < -0.3 is 15.0 Å². The summed E-state index contributed by atoms with van der Waals surface area (Å²) in [6.45, 7) is 8.66. The number of rotatable bonds is 5. The van der Waals surface area contributed by atoms with Gasteiger partial charge in [-0.15, -0.1) is 0 Å². The summed E-state index contributed by atoms with van der Waals surface area (Å²) in [4.78, 5) is 26.2. The topological polar surface area (TPSA) is 58.6 Å². The molecule has 5 heteroatoms. The molecule has 144 valence electrons. The molecule has 1 fully saturated rings. The van der Waals surface area contributed by atoms with Crippen LogP contribution in [0.5, 0.6) is 0 Å². The molecule has 0 radical (unpaired) electrons. The molecule has 1 N–H and O–H groups in total. The van der Waals surface area contributed by atoms with Crippen molar-refractivity contribution in [1.82, 2.24) is 10.2 Å². The Kier molecular flexibility index (Phi) is 7.06. The third-order valence-corrected chi connectivity index (χ3v) is 4.71. The van der Waals surface area contributed by atoms with Crippen molar-refractivity contribution in [2.24, 2.45) is 5.92 Å². The second kappa shape index (κ2) is 9.06. The minimum atomic E-state index is -0.566. The maximum absolute atomic E-state index is 12.5. The van der Waals surface area contributed by atoms with Gasteiger partial charge in [-0.1, -0.05) is 30.3 Å². The zero-order chi connectivity index (χ0) is 19.2. The molecule has 1 heterocycles. The van der Waals surface area contributed by atoms with Crippen LogP contribution in [0.1, 0.15) is 52.5 Å². The van der Waals surface area contributed by atoms with Gasteiger partial charge in [0.25, 0.3) is 0 Å². The molecule has 1 aliphatic rings. The van der Waals surface area contributed by atoms with Crippen molar-refractivity contribution in [3.8, 4) is 0 Å². The molecule has 0 aromatic heterocycles. The van der Waals surface area contributed by atoms with Gasteiger partial charge in [0, 0.05) is 13.1 Å². The Balaban J connectivity index is 1.72. The van der Waals surface area contributed by atoms with Gasteiger partial charge in [-0.2, -0.15) is 0 Å². The molecule has 2 rings (SSSR count). The van der Waals surface area contributed by atoms with E-state index in [1.165, 1.54) is 5.56 Å². The number of likely N-dealkylation sites (tertiary alicyclic amines) is 1. The first-order valence-corrected chi connectivity index (χ1v) is 9.57. The lowest BCUT2D eigenvalue weighted by atomic mass is 9.90. The van der Waals surface area contributed by atoms with Crippen LogP contribution in [0.2, 0.25) is 0 Å². The van der Waals surface area contributed by atoms with Crippen LogP contribution < -0.4 is 5.32 Å². The van der Waals surface area contributed by atoms with Crippen molar-refractivity contribution >= 4 is 12.0 Å². The number of piperidine rings is 1. The number of hydrogen-bond acceptors (Lipinski definition) is 3. The Labute approximate surface area is 157 Å². The average molecular weight is 360 g/mol. The van der Waals surface area contributed by atoms with Crippen molar-refractivity contribution in [2.45, 2.75) is 65.0 Å². The van der Waals surface area contributed by atoms with Crippen molar-refractivity contribution in [2.75, 3.05) is 13.1 Å². The molecule has 0 unspecified atom stereocenters. The lowest BCUT2D eigenvalue weighted by molar-refractivity contribution is -0.134. The van der Waals surface area contributed by atoms with Crippen LogP contribution >= 0.6 is 0 Å².